The number of fused-ring (bicyclic) bond motifs is 3. The number of aliphatic imine (C=N–C) groups is 1. The maximum Gasteiger partial charge on any atom is 0.416 e. The molecule has 0 radical (unpaired) electrons. The molecule has 2 aromatic carbocycles. The van der Waals surface area contributed by atoms with Crippen molar-refractivity contribution in [1.82, 2.24) is 10.4 Å². The van der Waals surface area contributed by atoms with E-state index in [4.69, 9.17) is 10.7 Å². The fourth-order valence-electron chi connectivity index (χ4n) is 4.38. The van der Waals surface area contributed by atoms with Gasteiger partial charge in [-0.3, -0.25) is 10.7 Å². The van der Waals surface area contributed by atoms with Gasteiger partial charge in [0, 0.05) is 17.7 Å². The van der Waals surface area contributed by atoms with Crippen molar-refractivity contribution in [3.8, 4) is 0 Å². The van der Waals surface area contributed by atoms with Crippen molar-refractivity contribution in [2.75, 3.05) is 6.54 Å². The first kappa shape index (κ1) is 25.5. The highest BCUT2D eigenvalue weighted by Gasteiger charge is 2.44. The molecule has 2 aliphatic heterocycles. The van der Waals surface area contributed by atoms with Crippen LogP contribution in [0.1, 0.15) is 49.4 Å². The summed E-state index contributed by atoms with van der Waals surface area (Å²) in [4.78, 5) is 5.03. The molecule has 2 unspecified atom stereocenters. The molecule has 3 N–H and O–H groups in total. The van der Waals surface area contributed by atoms with E-state index in [9.17, 15) is 13.2 Å². The van der Waals surface area contributed by atoms with Gasteiger partial charge in [0.15, 0.2) is 6.17 Å². The van der Waals surface area contributed by atoms with E-state index in [0.29, 0.717) is 17.2 Å². The minimum atomic E-state index is -4.38. The summed E-state index contributed by atoms with van der Waals surface area (Å²) in [5.41, 5.74) is 13.1. The Bertz CT molecular complexity index is 1100. The Balaban J connectivity index is 0.00000306. The van der Waals surface area contributed by atoms with Gasteiger partial charge in [-0.15, -0.1) is 5.01 Å². The van der Waals surface area contributed by atoms with Crippen LogP contribution in [0.3, 0.4) is 0 Å². The summed E-state index contributed by atoms with van der Waals surface area (Å²) < 4.78 is 42.3. The van der Waals surface area contributed by atoms with Crippen molar-refractivity contribution in [2.24, 2.45) is 10.7 Å². The molecule has 10 heteroatoms. The Kier molecular flexibility index (Phi) is 7.45. The van der Waals surface area contributed by atoms with Crippen LogP contribution in [0.2, 0.25) is 0 Å². The average molecular weight is 545 g/mol. The number of rotatable bonds is 4. The average Bonchev–Trinajstić information content (AvgIpc) is 2.98. The van der Waals surface area contributed by atoms with Gasteiger partial charge in [-0.05, 0) is 65.5 Å². The summed E-state index contributed by atoms with van der Waals surface area (Å²) in [6.45, 7) is 6.94. The Morgan fingerprint density at radius 3 is 2.42 bits per heavy atom. The lowest BCUT2D eigenvalue weighted by Gasteiger charge is -2.24. The summed E-state index contributed by atoms with van der Waals surface area (Å²) >= 11 is 3.73. The van der Waals surface area contributed by atoms with E-state index < -0.39 is 11.7 Å². The molecule has 4 rings (SSSR count). The summed E-state index contributed by atoms with van der Waals surface area (Å²) in [7, 11) is 0. The van der Waals surface area contributed by atoms with Crippen molar-refractivity contribution < 1.29 is 30.2 Å². The van der Waals surface area contributed by atoms with E-state index in [2.05, 4.69) is 52.3 Å². The number of guanidine groups is 1. The SMILES string of the molecule is CCCN1NC(N)=[N+]2c3c(Br)cc(CC)cc3C(c3ccc(C(F)(F)F)cc3)=NC(C)C12.[Cl-]. The van der Waals surface area contributed by atoms with Crippen molar-refractivity contribution in [3.63, 3.8) is 0 Å². The normalized spacial score (nSPS) is 20.4. The highest BCUT2D eigenvalue weighted by molar-refractivity contribution is 9.10. The molecular formula is C23H26BrClF3N5. The molecule has 178 valence electrons. The number of hydrogen-bond acceptors (Lipinski definition) is 4. The second-order valence-electron chi connectivity index (χ2n) is 8.09. The molecule has 2 aliphatic rings. The largest absolute Gasteiger partial charge is 1.00 e. The van der Waals surface area contributed by atoms with Crippen molar-refractivity contribution in [2.45, 2.75) is 52.0 Å². The molecular weight excluding hydrogens is 519 g/mol. The zero-order valence-electron chi connectivity index (χ0n) is 18.5. The zero-order chi connectivity index (χ0) is 23.2. The fraction of sp³-hybridized carbons (Fsp3) is 0.391. The third kappa shape index (κ3) is 4.63. The van der Waals surface area contributed by atoms with E-state index in [-0.39, 0.29) is 24.6 Å². The minimum absolute atomic E-state index is 0. The summed E-state index contributed by atoms with van der Waals surface area (Å²) in [5, 5.41) is 2.07. The van der Waals surface area contributed by atoms with Gasteiger partial charge in [-0.1, -0.05) is 26.0 Å². The number of hydrazine groups is 1. The summed E-state index contributed by atoms with van der Waals surface area (Å²) in [6, 6.07) is 9.13. The molecule has 0 fully saturated rings. The van der Waals surface area contributed by atoms with Crippen LogP contribution in [0.5, 0.6) is 0 Å². The van der Waals surface area contributed by atoms with Crippen LogP contribution < -0.4 is 23.6 Å². The van der Waals surface area contributed by atoms with Crippen LogP contribution in [0.4, 0.5) is 18.9 Å². The number of nitrogens with zero attached hydrogens (tertiary/aromatic N) is 3. The van der Waals surface area contributed by atoms with Gasteiger partial charge in [-0.25, -0.2) is 4.58 Å². The molecule has 0 saturated carbocycles. The molecule has 33 heavy (non-hydrogen) atoms. The molecule has 0 bridgehead atoms. The van der Waals surface area contributed by atoms with Crippen molar-refractivity contribution >= 4 is 33.3 Å². The minimum Gasteiger partial charge on any atom is -1.00 e. The van der Waals surface area contributed by atoms with Crippen LogP contribution in [-0.4, -0.2) is 40.0 Å². The van der Waals surface area contributed by atoms with Gasteiger partial charge in [0.05, 0.1) is 21.8 Å². The van der Waals surface area contributed by atoms with Gasteiger partial charge >= 0.3 is 12.1 Å². The third-order valence-electron chi connectivity index (χ3n) is 5.84. The molecule has 0 aliphatic carbocycles. The number of aryl methyl sites for hydroxylation is 1. The zero-order valence-corrected chi connectivity index (χ0v) is 20.9. The first-order chi connectivity index (χ1) is 15.2. The quantitative estimate of drug-likeness (QED) is 0.577. The first-order valence-electron chi connectivity index (χ1n) is 10.7. The van der Waals surface area contributed by atoms with Gasteiger partial charge in [0.1, 0.15) is 5.69 Å². The smallest absolute Gasteiger partial charge is 0.416 e. The first-order valence-corrected chi connectivity index (χ1v) is 11.5. The standard InChI is InChI=1S/C23H25BrF3N5.ClH/c1-4-10-31-21-13(3)29-19(15-6-8-16(9-7-15)23(25,26)27)17-11-14(5-2)12-18(24)20(17)32(21)22(28)30-31;/h6-9,11-13,21H,4-5,10H2,1-3H3,(H2,28,30);1H. The molecule has 0 amide bonds. The lowest BCUT2D eigenvalue weighted by atomic mass is 9.96. The predicted octanol–water partition coefficient (Wildman–Crippen LogP) is 1.79. The highest BCUT2D eigenvalue weighted by Crippen LogP contribution is 2.39. The molecule has 2 aromatic rings. The number of nitrogens with two attached hydrogens (primary N) is 1. The predicted molar refractivity (Wildman–Crippen MR) is 123 cm³/mol. The lowest BCUT2D eigenvalue weighted by Crippen LogP contribution is -3.00. The second-order valence-corrected chi connectivity index (χ2v) is 8.95. The van der Waals surface area contributed by atoms with Crippen LogP contribution in [-0.2, 0) is 12.6 Å². The maximum atomic E-state index is 13.1. The number of halogens is 5. The summed E-state index contributed by atoms with van der Waals surface area (Å²) in [5.74, 6) is 0.505. The highest BCUT2D eigenvalue weighted by atomic mass is 79.9. The van der Waals surface area contributed by atoms with Crippen LogP contribution >= 0.6 is 15.9 Å². The van der Waals surface area contributed by atoms with E-state index in [1.165, 1.54) is 12.1 Å². The molecule has 0 saturated heterocycles. The Morgan fingerprint density at radius 1 is 1.18 bits per heavy atom. The van der Waals surface area contributed by atoms with Crippen LogP contribution in [0.15, 0.2) is 45.9 Å². The second kappa shape index (κ2) is 9.64. The van der Waals surface area contributed by atoms with Crippen molar-refractivity contribution in [3.05, 3.63) is 63.1 Å². The Hall–Kier alpha value is -2.10. The lowest BCUT2D eigenvalue weighted by molar-refractivity contribution is -0.504. The monoisotopic (exact) mass is 543 g/mol. The molecule has 2 heterocycles. The van der Waals surface area contributed by atoms with Crippen LogP contribution in [0, 0.1) is 0 Å². The van der Waals surface area contributed by atoms with Gasteiger partial charge in [0.25, 0.3) is 0 Å². The third-order valence-corrected chi connectivity index (χ3v) is 6.45. The topological polar surface area (TPSA) is 56.7 Å². The number of alkyl halides is 3. The maximum absolute atomic E-state index is 13.1. The fourth-order valence-corrected chi connectivity index (χ4v) is 5.08. The molecule has 2 atom stereocenters. The van der Waals surface area contributed by atoms with E-state index in [1.807, 2.05) is 11.5 Å². The Labute approximate surface area is 206 Å². The molecule has 0 spiro atoms. The number of benzene rings is 2. The number of nitrogens with one attached hydrogen (secondary N) is 1. The number of hydrogen-bond donors (Lipinski definition) is 2. The van der Waals surface area contributed by atoms with Gasteiger partial charge < -0.3 is 12.4 Å². The summed E-state index contributed by atoms with van der Waals surface area (Å²) in [6.07, 6.45) is -2.81. The van der Waals surface area contributed by atoms with E-state index >= 15 is 0 Å². The van der Waals surface area contributed by atoms with Gasteiger partial charge in [-0.2, -0.15) is 18.6 Å². The Morgan fingerprint density at radius 2 is 1.85 bits per heavy atom. The van der Waals surface area contributed by atoms with Crippen molar-refractivity contribution in [1.29, 1.82) is 0 Å². The molecule has 5 nitrogen and oxygen atoms in total. The molecule has 0 aromatic heterocycles. The van der Waals surface area contributed by atoms with E-state index in [1.54, 1.807) is 0 Å². The van der Waals surface area contributed by atoms with Gasteiger partial charge in [0.2, 0.25) is 0 Å². The van der Waals surface area contributed by atoms with E-state index in [0.717, 1.165) is 52.8 Å². The van der Waals surface area contributed by atoms with Crippen LogP contribution in [0.25, 0.3) is 0 Å².